The molecule has 1 aromatic carbocycles. The molecular weight excluding hydrogens is 457 g/mol. The van der Waals surface area contributed by atoms with Crippen molar-refractivity contribution in [2.75, 3.05) is 25.6 Å². The van der Waals surface area contributed by atoms with Gasteiger partial charge in [-0.1, -0.05) is 18.2 Å². The van der Waals surface area contributed by atoms with Crippen molar-refractivity contribution < 1.29 is 14.3 Å². The molecule has 1 atom stereocenters. The molecule has 11 heteroatoms. The van der Waals surface area contributed by atoms with E-state index in [4.69, 9.17) is 4.98 Å². The van der Waals surface area contributed by atoms with Crippen molar-refractivity contribution in [3.8, 4) is 22.0 Å². The van der Waals surface area contributed by atoms with E-state index in [-0.39, 0.29) is 12.5 Å². The van der Waals surface area contributed by atoms with E-state index in [0.717, 1.165) is 10.6 Å². The van der Waals surface area contributed by atoms with Gasteiger partial charge in [-0.2, -0.15) is 0 Å². The highest BCUT2D eigenvalue weighted by Crippen LogP contribution is 2.36. The maximum absolute atomic E-state index is 12.5. The van der Waals surface area contributed by atoms with Gasteiger partial charge in [0.2, 0.25) is 5.95 Å². The number of aryl methyl sites for hydroxylation is 1. The summed E-state index contributed by atoms with van der Waals surface area (Å²) < 4.78 is 14.1. The molecular formula is C23H22FN7O2S. The van der Waals surface area contributed by atoms with Crippen molar-refractivity contribution in [1.29, 1.82) is 0 Å². The number of carbonyl (C=O) groups excluding carboxylic acids is 1. The Balaban J connectivity index is 1.37. The third-order valence-electron chi connectivity index (χ3n) is 5.73. The standard InChI is InChI=1S/C23H22FN7O2S/c1-30-9-6-23(33,21(30)32)16-4-2-3-15(11-16)20-27-18(13-34-20)17-5-8-25-22(28-17)29-19-12-31(10-7-24)14-26-19/h2-5,8,11-14,33H,6-7,9-10H2,1H3,(H,25,28,29)/t23-/m1/s1. The number of aromatic nitrogens is 5. The number of imidazole rings is 1. The number of hydrogen-bond acceptors (Lipinski definition) is 8. The number of rotatable bonds is 7. The number of alkyl halides is 1. The normalized spacial score (nSPS) is 18.0. The number of carbonyl (C=O) groups is 1. The number of aliphatic hydroxyl groups is 1. The zero-order valence-electron chi connectivity index (χ0n) is 18.3. The summed E-state index contributed by atoms with van der Waals surface area (Å²) in [5.41, 5.74) is 1.18. The Morgan fingerprint density at radius 3 is 2.91 bits per heavy atom. The minimum absolute atomic E-state index is 0.237. The summed E-state index contributed by atoms with van der Waals surface area (Å²) in [4.78, 5) is 31.7. The summed E-state index contributed by atoms with van der Waals surface area (Å²) in [5, 5.41) is 16.6. The van der Waals surface area contributed by atoms with E-state index in [1.807, 2.05) is 23.6 Å². The largest absolute Gasteiger partial charge is 0.375 e. The molecule has 4 aromatic rings. The van der Waals surface area contributed by atoms with Gasteiger partial charge in [0.25, 0.3) is 5.91 Å². The fraction of sp³-hybridized carbons (Fsp3) is 0.261. The van der Waals surface area contributed by atoms with Crippen LogP contribution in [0.15, 0.2) is 54.4 Å². The Labute approximate surface area is 199 Å². The molecule has 34 heavy (non-hydrogen) atoms. The molecule has 2 N–H and O–H groups in total. The highest BCUT2D eigenvalue weighted by atomic mass is 32.1. The summed E-state index contributed by atoms with van der Waals surface area (Å²) in [6.45, 7) is 0.283. The lowest BCUT2D eigenvalue weighted by molar-refractivity contribution is -0.143. The van der Waals surface area contributed by atoms with Gasteiger partial charge in [0.05, 0.1) is 18.6 Å². The van der Waals surface area contributed by atoms with Crippen molar-refractivity contribution in [3.63, 3.8) is 0 Å². The Bertz CT molecular complexity index is 1340. The Morgan fingerprint density at radius 2 is 2.12 bits per heavy atom. The fourth-order valence-electron chi connectivity index (χ4n) is 3.88. The summed E-state index contributed by atoms with van der Waals surface area (Å²) in [6, 6.07) is 9.08. The lowest BCUT2D eigenvalue weighted by atomic mass is 9.91. The molecule has 5 rings (SSSR count). The third kappa shape index (κ3) is 4.15. The molecule has 0 aliphatic carbocycles. The topological polar surface area (TPSA) is 109 Å². The van der Waals surface area contributed by atoms with Gasteiger partial charge in [-0.15, -0.1) is 11.3 Å². The zero-order chi connectivity index (χ0) is 23.7. The maximum Gasteiger partial charge on any atom is 0.258 e. The van der Waals surface area contributed by atoms with Crippen LogP contribution in [0.1, 0.15) is 12.0 Å². The number of halogens is 1. The van der Waals surface area contributed by atoms with E-state index in [2.05, 4.69) is 20.3 Å². The first-order chi connectivity index (χ1) is 16.5. The van der Waals surface area contributed by atoms with Crippen molar-refractivity contribution in [2.24, 2.45) is 0 Å². The van der Waals surface area contributed by atoms with Crippen LogP contribution in [0.2, 0.25) is 0 Å². The quantitative estimate of drug-likeness (QED) is 0.419. The predicted octanol–water partition coefficient (Wildman–Crippen LogP) is 3.23. The van der Waals surface area contributed by atoms with Gasteiger partial charge in [0.15, 0.2) is 11.4 Å². The predicted molar refractivity (Wildman–Crippen MR) is 126 cm³/mol. The molecule has 1 amide bonds. The van der Waals surface area contributed by atoms with E-state index in [1.165, 1.54) is 11.3 Å². The van der Waals surface area contributed by atoms with Crippen molar-refractivity contribution in [3.05, 3.63) is 60.0 Å². The number of thiazole rings is 1. The first-order valence-electron chi connectivity index (χ1n) is 10.7. The molecule has 1 aliphatic rings. The van der Waals surface area contributed by atoms with Crippen molar-refractivity contribution >= 4 is 29.0 Å². The minimum Gasteiger partial charge on any atom is -0.375 e. The number of benzene rings is 1. The van der Waals surface area contributed by atoms with Crippen LogP contribution >= 0.6 is 11.3 Å². The fourth-order valence-corrected chi connectivity index (χ4v) is 4.69. The zero-order valence-corrected chi connectivity index (χ0v) is 19.2. The van der Waals surface area contributed by atoms with Crippen LogP contribution in [-0.4, -0.2) is 60.7 Å². The highest BCUT2D eigenvalue weighted by Gasteiger charge is 2.45. The monoisotopic (exact) mass is 479 g/mol. The Morgan fingerprint density at radius 1 is 1.24 bits per heavy atom. The molecule has 1 saturated heterocycles. The number of amides is 1. The average molecular weight is 480 g/mol. The van der Waals surface area contributed by atoms with Gasteiger partial charge in [-0.05, 0) is 17.7 Å². The van der Waals surface area contributed by atoms with Crippen LogP contribution in [0.3, 0.4) is 0 Å². The second kappa shape index (κ2) is 8.92. The summed E-state index contributed by atoms with van der Waals surface area (Å²) >= 11 is 1.45. The lowest BCUT2D eigenvalue weighted by Gasteiger charge is -2.21. The van der Waals surface area contributed by atoms with E-state index in [1.54, 1.807) is 47.4 Å². The number of hydrogen-bond donors (Lipinski definition) is 2. The molecule has 174 valence electrons. The van der Waals surface area contributed by atoms with Crippen LogP contribution in [0.4, 0.5) is 16.2 Å². The molecule has 1 fully saturated rings. The van der Waals surface area contributed by atoms with Crippen LogP contribution in [0, 0.1) is 0 Å². The summed E-state index contributed by atoms with van der Waals surface area (Å²) in [6.07, 6.45) is 5.21. The first kappa shape index (κ1) is 22.1. The molecule has 0 unspecified atom stereocenters. The lowest BCUT2D eigenvalue weighted by Crippen LogP contribution is -2.36. The third-order valence-corrected chi connectivity index (χ3v) is 6.63. The van der Waals surface area contributed by atoms with Gasteiger partial charge in [-0.3, -0.25) is 4.79 Å². The number of nitrogens with one attached hydrogen (secondary N) is 1. The number of likely N-dealkylation sites (N-methyl/N-ethyl adjacent to an activating group) is 1. The second-order valence-corrected chi connectivity index (χ2v) is 8.89. The van der Waals surface area contributed by atoms with E-state index in [9.17, 15) is 14.3 Å². The molecule has 0 spiro atoms. The van der Waals surface area contributed by atoms with Crippen molar-refractivity contribution in [1.82, 2.24) is 29.4 Å². The summed E-state index contributed by atoms with van der Waals surface area (Å²) in [5.74, 6) is 0.581. The van der Waals surface area contributed by atoms with E-state index >= 15 is 0 Å². The van der Waals surface area contributed by atoms with Gasteiger partial charge in [-0.25, -0.2) is 24.3 Å². The van der Waals surface area contributed by atoms with Crippen LogP contribution in [0.5, 0.6) is 0 Å². The van der Waals surface area contributed by atoms with E-state index < -0.39 is 12.3 Å². The molecule has 0 bridgehead atoms. The second-order valence-electron chi connectivity index (χ2n) is 8.03. The molecule has 1 aliphatic heterocycles. The highest BCUT2D eigenvalue weighted by molar-refractivity contribution is 7.13. The Kier molecular flexibility index (Phi) is 5.80. The van der Waals surface area contributed by atoms with Gasteiger partial charge in [0, 0.05) is 43.4 Å². The van der Waals surface area contributed by atoms with Crippen LogP contribution in [-0.2, 0) is 16.9 Å². The number of anilines is 2. The van der Waals surface area contributed by atoms with E-state index in [0.29, 0.717) is 41.7 Å². The van der Waals surface area contributed by atoms with Gasteiger partial charge >= 0.3 is 0 Å². The van der Waals surface area contributed by atoms with Gasteiger partial charge < -0.3 is 19.9 Å². The first-order valence-corrected chi connectivity index (χ1v) is 11.6. The maximum atomic E-state index is 12.5. The average Bonchev–Trinajstić information content (AvgIpc) is 3.58. The minimum atomic E-state index is -1.50. The molecule has 0 saturated carbocycles. The number of likely N-dealkylation sites (tertiary alicyclic amines) is 1. The molecule has 3 aromatic heterocycles. The summed E-state index contributed by atoms with van der Waals surface area (Å²) in [7, 11) is 1.69. The van der Waals surface area contributed by atoms with Crippen LogP contribution in [0.25, 0.3) is 22.0 Å². The number of nitrogens with zero attached hydrogens (tertiary/aromatic N) is 6. The van der Waals surface area contributed by atoms with Crippen LogP contribution < -0.4 is 5.32 Å². The van der Waals surface area contributed by atoms with Gasteiger partial charge in [0.1, 0.15) is 17.4 Å². The smallest absolute Gasteiger partial charge is 0.258 e. The molecule has 0 radical (unpaired) electrons. The molecule has 4 heterocycles. The SMILES string of the molecule is CN1CC[C@@](O)(c2cccc(-c3nc(-c4ccnc(Nc5cn(CCF)cn5)n4)cs3)c2)C1=O. The molecule has 9 nitrogen and oxygen atoms in total. The Hall–Kier alpha value is -3.70. The van der Waals surface area contributed by atoms with Crippen molar-refractivity contribution in [2.45, 2.75) is 18.6 Å².